The molecule has 2 heterocycles. The average molecular weight is 378 g/mol. The molecule has 0 saturated heterocycles. The molecule has 0 atom stereocenters. The van der Waals surface area contributed by atoms with E-state index in [4.69, 9.17) is 10.4 Å². The van der Waals surface area contributed by atoms with Crippen molar-refractivity contribution < 1.29 is 0 Å². The van der Waals surface area contributed by atoms with Gasteiger partial charge in [0.15, 0.2) is 0 Å². The highest BCUT2D eigenvalue weighted by Gasteiger charge is 2.13. The first-order valence-electron chi connectivity index (χ1n) is 8.60. The lowest BCUT2D eigenvalue weighted by Crippen LogP contribution is -1.93. The van der Waals surface area contributed by atoms with Crippen molar-refractivity contribution in [3.63, 3.8) is 0 Å². The second kappa shape index (κ2) is 7.75. The Bertz CT molecular complexity index is 1220. The van der Waals surface area contributed by atoms with Gasteiger partial charge in [0.25, 0.3) is 0 Å². The van der Waals surface area contributed by atoms with E-state index in [1.165, 1.54) is 0 Å². The van der Waals surface area contributed by atoms with E-state index in [9.17, 15) is 5.26 Å². The van der Waals surface area contributed by atoms with E-state index in [0.29, 0.717) is 16.7 Å². The molecule has 0 saturated carbocycles. The van der Waals surface area contributed by atoms with Crippen LogP contribution in [0.2, 0.25) is 0 Å². The molecule has 0 unspecified atom stereocenters. The highest BCUT2D eigenvalue weighted by atomic mass is 32.1. The summed E-state index contributed by atoms with van der Waals surface area (Å²) in [7, 11) is 0. The quantitative estimate of drug-likeness (QED) is 0.438. The van der Waals surface area contributed by atoms with Gasteiger partial charge in [-0.15, -0.1) is 11.3 Å². The largest absolute Gasteiger partial charge is 0.240 e. The first-order chi connectivity index (χ1) is 13.8. The van der Waals surface area contributed by atoms with Crippen molar-refractivity contribution in [3.05, 3.63) is 95.0 Å². The van der Waals surface area contributed by atoms with Gasteiger partial charge < -0.3 is 0 Å². The smallest absolute Gasteiger partial charge is 0.110 e. The number of thiophene rings is 1. The molecule has 0 radical (unpaired) electrons. The molecule has 0 bridgehead atoms. The molecule has 0 aliphatic carbocycles. The van der Waals surface area contributed by atoms with Gasteiger partial charge in [-0.3, -0.25) is 0 Å². The molecular weight excluding hydrogens is 364 g/mol. The summed E-state index contributed by atoms with van der Waals surface area (Å²) in [5.74, 6) is 0. The van der Waals surface area contributed by atoms with Crippen molar-refractivity contribution in [2.45, 2.75) is 0 Å². The highest BCUT2D eigenvalue weighted by molar-refractivity contribution is 7.13. The zero-order valence-corrected chi connectivity index (χ0v) is 15.6. The summed E-state index contributed by atoms with van der Waals surface area (Å²) in [5, 5.41) is 25.6. The zero-order chi connectivity index (χ0) is 19.3. The van der Waals surface area contributed by atoms with Crippen LogP contribution in [0.1, 0.15) is 16.7 Å². The fourth-order valence-corrected chi connectivity index (χ4v) is 3.63. The molecule has 0 fully saturated rings. The average Bonchev–Trinajstić information content (AvgIpc) is 3.42. The number of hydrogen-bond acceptors (Lipinski definition) is 4. The Morgan fingerprint density at radius 1 is 1.00 bits per heavy atom. The predicted molar refractivity (Wildman–Crippen MR) is 112 cm³/mol. The monoisotopic (exact) mass is 378 g/mol. The fourth-order valence-electron chi connectivity index (χ4n) is 2.90. The lowest BCUT2D eigenvalue weighted by molar-refractivity contribution is 0.885. The van der Waals surface area contributed by atoms with E-state index in [0.717, 1.165) is 21.8 Å². The van der Waals surface area contributed by atoms with Crippen molar-refractivity contribution >= 4 is 23.0 Å². The van der Waals surface area contributed by atoms with Crippen molar-refractivity contribution in [1.29, 1.82) is 10.5 Å². The maximum Gasteiger partial charge on any atom is 0.110 e. The minimum absolute atomic E-state index is 0.488. The SMILES string of the molecule is N#C/C(=C\c1cn(-c2ccccc2)nc1-c1cccs1)c1cccc(C#N)c1. The van der Waals surface area contributed by atoms with Crippen molar-refractivity contribution in [1.82, 2.24) is 9.78 Å². The minimum atomic E-state index is 0.488. The molecule has 0 N–H and O–H groups in total. The number of aromatic nitrogens is 2. The van der Waals surface area contributed by atoms with Crippen LogP contribution >= 0.6 is 11.3 Å². The van der Waals surface area contributed by atoms with Crippen LogP contribution in [-0.4, -0.2) is 9.78 Å². The third kappa shape index (κ3) is 3.48. The maximum absolute atomic E-state index is 9.72. The molecule has 132 valence electrons. The second-order valence-electron chi connectivity index (χ2n) is 6.05. The number of nitrogens with zero attached hydrogens (tertiary/aromatic N) is 4. The number of hydrogen-bond donors (Lipinski definition) is 0. The summed E-state index contributed by atoms with van der Waals surface area (Å²) in [6, 6.07) is 25.3. The summed E-state index contributed by atoms with van der Waals surface area (Å²) < 4.78 is 1.82. The molecule has 0 aliphatic heterocycles. The Balaban J connectivity index is 1.86. The van der Waals surface area contributed by atoms with Crippen molar-refractivity contribution in [2.24, 2.45) is 0 Å². The molecule has 5 heteroatoms. The summed E-state index contributed by atoms with van der Waals surface area (Å²) >= 11 is 1.60. The second-order valence-corrected chi connectivity index (χ2v) is 7.00. The summed E-state index contributed by atoms with van der Waals surface area (Å²) in [6.45, 7) is 0. The van der Waals surface area contributed by atoms with Gasteiger partial charge in [-0.1, -0.05) is 36.4 Å². The maximum atomic E-state index is 9.72. The molecule has 2 aromatic carbocycles. The Hall–Kier alpha value is -3.93. The first-order valence-corrected chi connectivity index (χ1v) is 9.48. The van der Waals surface area contributed by atoms with Gasteiger partial charge in [-0.2, -0.15) is 15.6 Å². The molecule has 4 rings (SSSR count). The van der Waals surface area contributed by atoms with Crippen LogP contribution in [0.4, 0.5) is 0 Å². The third-order valence-corrected chi connectivity index (χ3v) is 5.12. The van der Waals surface area contributed by atoms with Crippen LogP contribution in [-0.2, 0) is 0 Å². The summed E-state index contributed by atoms with van der Waals surface area (Å²) in [4.78, 5) is 1.03. The minimum Gasteiger partial charge on any atom is -0.240 e. The Labute approximate surface area is 166 Å². The number of benzene rings is 2. The lowest BCUT2D eigenvalue weighted by Gasteiger charge is -2.00. The van der Waals surface area contributed by atoms with E-state index >= 15 is 0 Å². The normalized spacial score (nSPS) is 11.0. The van der Waals surface area contributed by atoms with Gasteiger partial charge in [-0.05, 0) is 47.4 Å². The molecule has 0 aliphatic rings. The number of para-hydroxylation sites is 1. The molecular formula is C23H14N4S. The van der Waals surface area contributed by atoms with Gasteiger partial charge in [0.2, 0.25) is 0 Å². The molecule has 0 spiro atoms. The van der Waals surface area contributed by atoms with E-state index in [1.54, 1.807) is 29.5 Å². The lowest BCUT2D eigenvalue weighted by atomic mass is 10.0. The Kier molecular flexibility index (Phi) is 4.84. The van der Waals surface area contributed by atoms with E-state index < -0.39 is 0 Å². The number of allylic oxidation sites excluding steroid dienone is 1. The first kappa shape index (κ1) is 17.5. The fraction of sp³-hybridized carbons (Fsp3) is 0. The van der Waals surface area contributed by atoms with Crippen LogP contribution in [0.5, 0.6) is 0 Å². The zero-order valence-electron chi connectivity index (χ0n) is 14.8. The Morgan fingerprint density at radius 3 is 2.57 bits per heavy atom. The van der Waals surface area contributed by atoms with E-state index in [2.05, 4.69) is 12.1 Å². The van der Waals surface area contributed by atoms with E-state index in [-0.39, 0.29) is 0 Å². The van der Waals surface area contributed by atoms with Gasteiger partial charge in [0.05, 0.1) is 33.8 Å². The predicted octanol–water partition coefficient (Wildman–Crippen LogP) is 5.54. The topological polar surface area (TPSA) is 65.4 Å². The van der Waals surface area contributed by atoms with Gasteiger partial charge in [0.1, 0.15) is 5.69 Å². The Morgan fingerprint density at radius 2 is 1.86 bits per heavy atom. The van der Waals surface area contributed by atoms with Crippen LogP contribution in [0, 0.1) is 22.7 Å². The van der Waals surface area contributed by atoms with Crippen LogP contribution < -0.4 is 0 Å². The van der Waals surface area contributed by atoms with Crippen LogP contribution in [0.15, 0.2) is 78.3 Å². The number of rotatable bonds is 4. The van der Waals surface area contributed by atoms with E-state index in [1.807, 2.05) is 70.9 Å². The summed E-state index contributed by atoms with van der Waals surface area (Å²) in [6.07, 6.45) is 3.76. The number of nitriles is 2. The van der Waals surface area contributed by atoms with Crippen molar-refractivity contribution in [2.75, 3.05) is 0 Å². The molecule has 4 aromatic rings. The molecule has 2 aromatic heterocycles. The summed E-state index contributed by atoms with van der Waals surface area (Å²) in [5.41, 5.74) is 4.35. The van der Waals surface area contributed by atoms with Gasteiger partial charge >= 0.3 is 0 Å². The van der Waals surface area contributed by atoms with Gasteiger partial charge in [-0.25, -0.2) is 4.68 Å². The third-order valence-electron chi connectivity index (χ3n) is 4.24. The highest BCUT2D eigenvalue weighted by Crippen LogP contribution is 2.30. The van der Waals surface area contributed by atoms with Gasteiger partial charge in [0, 0.05) is 11.8 Å². The molecule has 4 nitrogen and oxygen atoms in total. The molecule has 28 heavy (non-hydrogen) atoms. The van der Waals surface area contributed by atoms with Crippen LogP contribution in [0.3, 0.4) is 0 Å². The van der Waals surface area contributed by atoms with Crippen LogP contribution in [0.25, 0.3) is 27.9 Å². The standard InChI is InChI=1S/C23H14N4S/c24-14-17-6-4-7-18(12-17)19(15-25)13-20-16-27(21-8-2-1-3-9-21)26-23(20)22-10-5-11-28-22/h1-13,16H/b19-13+. The van der Waals surface area contributed by atoms with Crippen molar-refractivity contribution in [3.8, 4) is 28.4 Å². The molecule has 0 amide bonds.